The third kappa shape index (κ3) is 5.32. The molecule has 3 nitrogen and oxygen atoms in total. The standard InChI is InChI=1S/C53H35N3/c1-3-13-36(14-4-1)37-25-27-38(28-26-37)39-15-11-16-42(33-39)48-21-12-24-53(54-48)56-50-23-10-8-20-45(50)47-35-41(30-32-52(47)56)40-29-31-51-46(34-40)44-19-7-9-22-49(44)55(51)43-17-5-2-6-18-43/h1-35H. The number of para-hydroxylation sites is 3. The van der Waals surface area contributed by atoms with Gasteiger partial charge in [-0.3, -0.25) is 4.57 Å². The molecule has 0 N–H and O–H groups in total. The average Bonchev–Trinajstić information content (AvgIpc) is 3.79. The van der Waals surface area contributed by atoms with E-state index in [0.29, 0.717) is 0 Å². The molecule has 0 spiro atoms. The van der Waals surface area contributed by atoms with Gasteiger partial charge in [0.1, 0.15) is 5.82 Å². The first-order valence-corrected chi connectivity index (χ1v) is 19.1. The Morgan fingerprint density at radius 3 is 1.39 bits per heavy atom. The molecule has 0 saturated carbocycles. The van der Waals surface area contributed by atoms with Gasteiger partial charge in [0.25, 0.3) is 0 Å². The fraction of sp³-hybridized carbons (Fsp3) is 0. The summed E-state index contributed by atoms with van der Waals surface area (Å²) in [6.07, 6.45) is 0. The van der Waals surface area contributed by atoms with Crippen LogP contribution in [0.2, 0.25) is 0 Å². The van der Waals surface area contributed by atoms with Gasteiger partial charge in [-0.2, -0.15) is 0 Å². The highest BCUT2D eigenvalue weighted by Gasteiger charge is 2.17. The molecule has 56 heavy (non-hydrogen) atoms. The molecule has 8 aromatic carbocycles. The zero-order chi connectivity index (χ0) is 37.0. The highest BCUT2D eigenvalue weighted by Crippen LogP contribution is 2.38. The van der Waals surface area contributed by atoms with Gasteiger partial charge >= 0.3 is 0 Å². The van der Waals surface area contributed by atoms with Crippen LogP contribution < -0.4 is 0 Å². The number of nitrogens with zero attached hydrogens (tertiary/aromatic N) is 3. The molecule has 0 aliphatic carbocycles. The number of hydrogen-bond donors (Lipinski definition) is 0. The highest BCUT2D eigenvalue weighted by molar-refractivity contribution is 6.12. The molecule has 0 aliphatic heterocycles. The van der Waals surface area contributed by atoms with Crippen LogP contribution >= 0.6 is 0 Å². The van der Waals surface area contributed by atoms with Crippen molar-refractivity contribution in [3.8, 4) is 56.1 Å². The van der Waals surface area contributed by atoms with Gasteiger partial charge in [0, 0.05) is 32.8 Å². The SMILES string of the molecule is c1ccc(-c2ccc(-c3cccc(-c4cccc(-n5c6ccccc6c6cc(-c7ccc8c(c7)c7ccccc7n8-c7ccccc7)ccc65)n4)c3)cc2)cc1. The van der Waals surface area contributed by atoms with Crippen molar-refractivity contribution in [1.82, 2.24) is 14.1 Å². The van der Waals surface area contributed by atoms with Crippen LogP contribution in [0.15, 0.2) is 212 Å². The van der Waals surface area contributed by atoms with Crippen LogP contribution in [0.1, 0.15) is 0 Å². The normalized spacial score (nSPS) is 11.6. The summed E-state index contributed by atoms with van der Waals surface area (Å²) in [5, 5.41) is 4.92. The van der Waals surface area contributed by atoms with Gasteiger partial charge in [-0.25, -0.2) is 4.98 Å². The molecule has 0 radical (unpaired) electrons. The van der Waals surface area contributed by atoms with E-state index in [-0.39, 0.29) is 0 Å². The second kappa shape index (κ2) is 13.1. The number of benzene rings is 8. The van der Waals surface area contributed by atoms with Crippen molar-refractivity contribution in [3.63, 3.8) is 0 Å². The highest BCUT2D eigenvalue weighted by atomic mass is 15.1. The lowest BCUT2D eigenvalue weighted by Gasteiger charge is -2.11. The zero-order valence-corrected chi connectivity index (χ0v) is 30.5. The number of rotatable bonds is 6. The number of fused-ring (bicyclic) bond motifs is 6. The van der Waals surface area contributed by atoms with Crippen molar-refractivity contribution in [3.05, 3.63) is 212 Å². The van der Waals surface area contributed by atoms with E-state index < -0.39 is 0 Å². The van der Waals surface area contributed by atoms with Crippen LogP contribution in [-0.2, 0) is 0 Å². The quantitative estimate of drug-likeness (QED) is 0.168. The summed E-state index contributed by atoms with van der Waals surface area (Å²) in [5.41, 5.74) is 15.1. The number of aromatic nitrogens is 3. The molecule has 0 atom stereocenters. The van der Waals surface area contributed by atoms with E-state index in [9.17, 15) is 0 Å². The molecular weight excluding hydrogens is 679 g/mol. The largest absolute Gasteiger partial charge is 0.309 e. The summed E-state index contributed by atoms with van der Waals surface area (Å²) >= 11 is 0. The molecule has 3 heterocycles. The molecule has 0 fully saturated rings. The Kier molecular flexibility index (Phi) is 7.49. The average molecular weight is 714 g/mol. The minimum Gasteiger partial charge on any atom is -0.309 e. The molecule has 0 bridgehead atoms. The molecule has 262 valence electrons. The van der Waals surface area contributed by atoms with Gasteiger partial charge in [0.2, 0.25) is 0 Å². The Hall–Kier alpha value is -7.49. The molecular formula is C53H35N3. The molecule has 11 rings (SSSR count). The van der Waals surface area contributed by atoms with E-state index in [1.807, 2.05) is 0 Å². The third-order valence-corrected chi connectivity index (χ3v) is 11.1. The Labute approximate surface area is 325 Å². The van der Waals surface area contributed by atoms with E-state index in [1.54, 1.807) is 0 Å². The van der Waals surface area contributed by atoms with Crippen molar-refractivity contribution in [2.24, 2.45) is 0 Å². The fourth-order valence-electron chi connectivity index (χ4n) is 8.46. The summed E-state index contributed by atoms with van der Waals surface area (Å²) in [5.74, 6) is 0.897. The molecule has 3 aromatic heterocycles. The van der Waals surface area contributed by atoms with Gasteiger partial charge in [-0.15, -0.1) is 0 Å². The second-order valence-corrected chi connectivity index (χ2v) is 14.4. The molecule has 11 aromatic rings. The smallest absolute Gasteiger partial charge is 0.138 e. The number of hydrogen-bond acceptors (Lipinski definition) is 1. The lowest BCUT2D eigenvalue weighted by atomic mass is 9.98. The van der Waals surface area contributed by atoms with Gasteiger partial charge in [0.15, 0.2) is 0 Å². The molecule has 0 unspecified atom stereocenters. The summed E-state index contributed by atoms with van der Waals surface area (Å²) in [6.45, 7) is 0. The van der Waals surface area contributed by atoms with Crippen molar-refractivity contribution >= 4 is 43.6 Å². The Morgan fingerprint density at radius 1 is 0.268 bits per heavy atom. The lowest BCUT2D eigenvalue weighted by molar-refractivity contribution is 1.08. The van der Waals surface area contributed by atoms with Crippen molar-refractivity contribution in [1.29, 1.82) is 0 Å². The van der Waals surface area contributed by atoms with Crippen LogP contribution in [0, 0.1) is 0 Å². The van der Waals surface area contributed by atoms with Crippen LogP contribution in [0.25, 0.3) is 99.8 Å². The van der Waals surface area contributed by atoms with Gasteiger partial charge in [-0.05, 0) is 100 Å². The lowest BCUT2D eigenvalue weighted by Crippen LogP contribution is -1.98. The first kappa shape index (κ1) is 32.0. The topological polar surface area (TPSA) is 22.8 Å². The van der Waals surface area contributed by atoms with E-state index in [1.165, 1.54) is 71.6 Å². The van der Waals surface area contributed by atoms with Crippen LogP contribution in [0.4, 0.5) is 0 Å². The van der Waals surface area contributed by atoms with Crippen molar-refractivity contribution in [2.45, 2.75) is 0 Å². The first-order chi connectivity index (χ1) is 27.8. The van der Waals surface area contributed by atoms with E-state index in [4.69, 9.17) is 4.98 Å². The third-order valence-electron chi connectivity index (χ3n) is 11.1. The maximum atomic E-state index is 5.31. The summed E-state index contributed by atoms with van der Waals surface area (Å²) < 4.78 is 4.67. The van der Waals surface area contributed by atoms with Crippen LogP contribution in [0.5, 0.6) is 0 Å². The van der Waals surface area contributed by atoms with Crippen molar-refractivity contribution < 1.29 is 0 Å². The molecule has 0 saturated heterocycles. The Balaban J connectivity index is 0.984. The summed E-state index contributed by atoms with van der Waals surface area (Å²) in [6, 6.07) is 76.2. The Morgan fingerprint density at radius 2 is 0.714 bits per heavy atom. The number of pyridine rings is 1. The molecule has 0 amide bonds. The van der Waals surface area contributed by atoms with Crippen LogP contribution in [-0.4, -0.2) is 14.1 Å². The van der Waals surface area contributed by atoms with Gasteiger partial charge < -0.3 is 4.57 Å². The predicted molar refractivity (Wildman–Crippen MR) is 235 cm³/mol. The summed E-state index contributed by atoms with van der Waals surface area (Å²) in [7, 11) is 0. The Bertz CT molecular complexity index is 3230. The maximum Gasteiger partial charge on any atom is 0.138 e. The molecule has 3 heteroatoms. The van der Waals surface area contributed by atoms with E-state index >= 15 is 0 Å². The van der Waals surface area contributed by atoms with Crippen LogP contribution in [0.3, 0.4) is 0 Å². The van der Waals surface area contributed by atoms with Crippen molar-refractivity contribution in [2.75, 3.05) is 0 Å². The molecule has 0 aliphatic rings. The maximum absolute atomic E-state index is 5.31. The van der Waals surface area contributed by atoms with E-state index in [2.05, 4.69) is 221 Å². The predicted octanol–water partition coefficient (Wildman–Crippen LogP) is 13.9. The fourth-order valence-corrected chi connectivity index (χ4v) is 8.46. The summed E-state index contributed by atoms with van der Waals surface area (Å²) in [4.78, 5) is 5.31. The van der Waals surface area contributed by atoms with E-state index in [0.717, 1.165) is 28.1 Å². The minimum atomic E-state index is 0.897. The first-order valence-electron chi connectivity index (χ1n) is 19.1. The zero-order valence-electron chi connectivity index (χ0n) is 30.5. The second-order valence-electron chi connectivity index (χ2n) is 14.4. The van der Waals surface area contributed by atoms with Gasteiger partial charge in [0.05, 0.1) is 27.8 Å². The minimum absolute atomic E-state index is 0.897. The van der Waals surface area contributed by atoms with Gasteiger partial charge in [-0.1, -0.05) is 146 Å². The monoisotopic (exact) mass is 713 g/mol.